The van der Waals surface area contributed by atoms with E-state index in [1.54, 1.807) is 23.9 Å². The van der Waals surface area contributed by atoms with Crippen LogP contribution in [-0.4, -0.2) is 25.0 Å². The van der Waals surface area contributed by atoms with Crippen LogP contribution in [-0.2, 0) is 18.4 Å². The Hall–Kier alpha value is -3.26. The molecule has 4 aromatic rings. The molecule has 136 valence electrons. The number of carbonyl (C=O) groups is 1. The number of amides is 1. The Kier molecular flexibility index (Phi) is 4.33. The second kappa shape index (κ2) is 6.81. The maximum atomic E-state index is 12.4. The van der Waals surface area contributed by atoms with E-state index in [1.165, 1.54) is 27.8 Å². The fourth-order valence-corrected chi connectivity index (χ4v) is 3.53. The van der Waals surface area contributed by atoms with Crippen molar-refractivity contribution in [1.82, 2.24) is 19.1 Å². The number of nitrogens with zero attached hydrogens (tertiary/aromatic N) is 4. The highest BCUT2D eigenvalue weighted by atomic mass is 32.1. The molecule has 7 nitrogen and oxygen atoms in total. The maximum Gasteiger partial charge on any atom is 0.276 e. The van der Waals surface area contributed by atoms with Gasteiger partial charge in [0.1, 0.15) is 12.1 Å². The van der Waals surface area contributed by atoms with Crippen molar-refractivity contribution in [3.05, 3.63) is 64.2 Å². The van der Waals surface area contributed by atoms with Gasteiger partial charge in [-0.1, -0.05) is 29.8 Å². The van der Waals surface area contributed by atoms with E-state index in [0.717, 1.165) is 11.3 Å². The van der Waals surface area contributed by atoms with Crippen molar-refractivity contribution in [3.8, 4) is 11.3 Å². The zero-order valence-electron chi connectivity index (χ0n) is 14.8. The lowest BCUT2D eigenvalue weighted by molar-refractivity contribution is -0.116. The van der Waals surface area contributed by atoms with Crippen LogP contribution < -0.4 is 10.9 Å². The molecule has 0 unspecified atom stereocenters. The van der Waals surface area contributed by atoms with Crippen LogP contribution in [0.1, 0.15) is 5.56 Å². The number of aromatic nitrogens is 4. The van der Waals surface area contributed by atoms with Gasteiger partial charge in [0.15, 0.2) is 5.13 Å². The van der Waals surface area contributed by atoms with Crippen molar-refractivity contribution in [2.45, 2.75) is 13.5 Å². The molecule has 0 radical (unpaired) electrons. The molecule has 0 aliphatic rings. The third-order valence-electron chi connectivity index (χ3n) is 4.26. The Morgan fingerprint density at radius 1 is 1.22 bits per heavy atom. The lowest BCUT2D eigenvalue weighted by Gasteiger charge is -2.05. The highest BCUT2D eigenvalue weighted by Crippen LogP contribution is 2.25. The zero-order valence-corrected chi connectivity index (χ0v) is 15.7. The van der Waals surface area contributed by atoms with Gasteiger partial charge in [-0.2, -0.15) is 0 Å². The lowest BCUT2D eigenvalue weighted by atomic mass is 10.1. The zero-order chi connectivity index (χ0) is 19.0. The number of hydrogen-bond donors (Lipinski definition) is 1. The van der Waals surface area contributed by atoms with E-state index in [4.69, 9.17) is 0 Å². The Bertz CT molecular complexity index is 1190. The number of nitrogens with one attached hydrogen (secondary N) is 1. The van der Waals surface area contributed by atoms with Crippen molar-refractivity contribution in [2.75, 3.05) is 5.32 Å². The van der Waals surface area contributed by atoms with Gasteiger partial charge < -0.3 is 14.5 Å². The summed E-state index contributed by atoms with van der Waals surface area (Å²) < 4.78 is 3.02. The van der Waals surface area contributed by atoms with Crippen LogP contribution in [0.3, 0.4) is 0 Å². The SMILES string of the molecule is Cc1ccc(-c2csc(NC(=O)Cn3cnc4ccn(C)c(=O)c43)n2)cc1. The number of pyridine rings is 1. The van der Waals surface area contributed by atoms with E-state index in [1.807, 2.05) is 36.6 Å². The number of benzene rings is 1. The summed E-state index contributed by atoms with van der Waals surface area (Å²) in [4.78, 5) is 33.4. The van der Waals surface area contributed by atoms with Crippen LogP contribution in [0.2, 0.25) is 0 Å². The van der Waals surface area contributed by atoms with Gasteiger partial charge in [-0.3, -0.25) is 9.59 Å². The van der Waals surface area contributed by atoms with Crippen molar-refractivity contribution in [3.63, 3.8) is 0 Å². The van der Waals surface area contributed by atoms with Gasteiger partial charge >= 0.3 is 0 Å². The average Bonchev–Trinajstić information content (AvgIpc) is 3.26. The summed E-state index contributed by atoms with van der Waals surface area (Å²) in [6.07, 6.45) is 3.16. The van der Waals surface area contributed by atoms with E-state index in [2.05, 4.69) is 15.3 Å². The molecule has 0 aliphatic carbocycles. The Morgan fingerprint density at radius 3 is 2.78 bits per heavy atom. The summed E-state index contributed by atoms with van der Waals surface area (Å²) in [7, 11) is 1.67. The molecular formula is C19H17N5O2S. The Labute approximate surface area is 158 Å². The third kappa shape index (κ3) is 3.39. The summed E-state index contributed by atoms with van der Waals surface area (Å²) in [5.74, 6) is -0.259. The number of rotatable bonds is 4. The first-order chi connectivity index (χ1) is 13.0. The molecule has 0 fully saturated rings. The highest BCUT2D eigenvalue weighted by molar-refractivity contribution is 7.14. The number of thiazole rings is 1. The van der Waals surface area contributed by atoms with Gasteiger partial charge in [-0.25, -0.2) is 9.97 Å². The molecule has 3 heterocycles. The fraction of sp³-hybridized carbons (Fsp3) is 0.158. The smallest absolute Gasteiger partial charge is 0.276 e. The normalized spacial score (nSPS) is 11.0. The van der Waals surface area contributed by atoms with E-state index in [0.29, 0.717) is 16.2 Å². The van der Waals surface area contributed by atoms with Crippen LogP contribution in [0.4, 0.5) is 5.13 Å². The molecular weight excluding hydrogens is 362 g/mol. The minimum atomic E-state index is -0.259. The molecule has 8 heteroatoms. The van der Waals surface area contributed by atoms with Crippen LogP contribution >= 0.6 is 11.3 Å². The fourth-order valence-electron chi connectivity index (χ4n) is 2.79. The Balaban J connectivity index is 1.51. The van der Waals surface area contributed by atoms with E-state index >= 15 is 0 Å². The molecule has 0 spiro atoms. The molecule has 4 rings (SSSR count). The molecule has 1 aromatic carbocycles. The predicted molar refractivity (Wildman–Crippen MR) is 106 cm³/mol. The minimum absolute atomic E-state index is 0.00476. The molecule has 1 amide bonds. The molecule has 1 N–H and O–H groups in total. The first-order valence-corrected chi connectivity index (χ1v) is 9.22. The molecule has 0 saturated carbocycles. The Morgan fingerprint density at radius 2 is 2.00 bits per heavy atom. The number of carbonyl (C=O) groups excluding carboxylic acids is 1. The largest absolute Gasteiger partial charge is 0.317 e. The molecule has 27 heavy (non-hydrogen) atoms. The van der Waals surface area contributed by atoms with Crippen molar-refractivity contribution >= 4 is 33.4 Å². The van der Waals surface area contributed by atoms with E-state index in [9.17, 15) is 9.59 Å². The van der Waals surface area contributed by atoms with E-state index < -0.39 is 0 Å². The first-order valence-electron chi connectivity index (χ1n) is 8.34. The molecule has 0 saturated heterocycles. The van der Waals surface area contributed by atoms with Gasteiger partial charge in [0.25, 0.3) is 5.56 Å². The van der Waals surface area contributed by atoms with E-state index in [-0.39, 0.29) is 18.0 Å². The third-order valence-corrected chi connectivity index (χ3v) is 5.01. The van der Waals surface area contributed by atoms with Crippen LogP contribution in [0.25, 0.3) is 22.3 Å². The van der Waals surface area contributed by atoms with Gasteiger partial charge in [0, 0.05) is 24.2 Å². The lowest BCUT2D eigenvalue weighted by Crippen LogP contribution is -2.22. The molecule has 0 aliphatic heterocycles. The summed E-state index contributed by atoms with van der Waals surface area (Å²) in [5.41, 5.74) is 3.80. The number of fused-ring (bicyclic) bond motifs is 1. The predicted octanol–water partition coefficient (Wildman–Crippen LogP) is 2.81. The average molecular weight is 379 g/mol. The standard InChI is InChI=1S/C19H17N5O2S/c1-12-3-5-13(6-4-12)15-10-27-19(21-15)22-16(25)9-24-11-20-14-7-8-23(2)18(26)17(14)24/h3-8,10-11H,9H2,1-2H3,(H,21,22,25). The quantitative estimate of drug-likeness (QED) is 0.591. The highest BCUT2D eigenvalue weighted by Gasteiger charge is 2.13. The number of hydrogen-bond acceptors (Lipinski definition) is 5. The van der Waals surface area contributed by atoms with Gasteiger partial charge in [-0.05, 0) is 13.0 Å². The first kappa shape index (κ1) is 17.2. The topological polar surface area (TPSA) is 81.8 Å². The summed E-state index contributed by atoms with van der Waals surface area (Å²) >= 11 is 1.36. The number of imidazole rings is 1. The monoisotopic (exact) mass is 379 g/mol. The summed E-state index contributed by atoms with van der Waals surface area (Å²) in [6.45, 7) is 2.03. The molecule has 0 atom stereocenters. The summed E-state index contributed by atoms with van der Waals surface area (Å²) in [5, 5.41) is 5.22. The summed E-state index contributed by atoms with van der Waals surface area (Å²) in [6, 6.07) is 9.81. The van der Waals surface area contributed by atoms with Crippen LogP contribution in [0, 0.1) is 6.92 Å². The van der Waals surface area contributed by atoms with Crippen molar-refractivity contribution in [2.24, 2.45) is 7.05 Å². The second-order valence-electron chi connectivity index (χ2n) is 6.29. The van der Waals surface area contributed by atoms with Gasteiger partial charge in [-0.15, -0.1) is 11.3 Å². The van der Waals surface area contributed by atoms with Gasteiger partial charge in [0.05, 0.1) is 17.5 Å². The van der Waals surface area contributed by atoms with Crippen LogP contribution in [0.5, 0.6) is 0 Å². The minimum Gasteiger partial charge on any atom is -0.317 e. The molecule has 0 bridgehead atoms. The van der Waals surface area contributed by atoms with Crippen molar-refractivity contribution < 1.29 is 4.79 Å². The van der Waals surface area contributed by atoms with Gasteiger partial charge in [0.2, 0.25) is 5.91 Å². The second-order valence-corrected chi connectivity index (χ2v) is 7.15. The number of aryl methyl sites for hydroxylation is 2. The molecule has 3 aromatic heterocycles. The maximum absolute atomic E-state index is 12.4. The van der Waals surface area contributed by atoms with Crippen molar-refractivity contribution in [1.29, 1.82) is 0 Å². The number of anilines is 1. The van der Waals surface area contributed by atoms with Crippen LogP contribution in [0.15, 0.2) is 53.0 Å².